The highest BCUT2D eigenvalue weighted by molar-refractivity contribution is 7.12. The van der Waals surface area contributed by atoms with Crippen molar-refractivity contribution in [3.63, 3.8) is 0 Å². The SMILES string of the molecule is CC(C)c1nc(-c2ccncc2)c(CCN)s1. The van der Waals surface area contributed by atoms with Crippen molar-refractivity contribution < 1.29 is 0 Å². The van der Waals surface area contributed by atoms with Crippen LogP contribution in [0.1, 0.15) is 29.7 Å². The molecule has 0 bridgehead atoms. The predicted molar refractivity (Wildman–Crippen MR) is 72.2 cm³/mol. The van der Waals surface area contributed by atoms with Crippen molar-refractivity contribution in [3.8, 4) is 11.3 Å². The molecule has 0 aliphatic heterocycles. The summed E-state index contributed by atoms with van der Waals surface area (Å²) in [6.07, 6.45) is 4.49. The van der Waals surface area contributed by atoms with Crippen LogP contribution in [0.2, 0.25) is 0 Å². The van der Waals surface area contributed by atoms with E-state index in [0.29, 0.717) is 12.5 Å². The molecule has 0 unspecified atom stereocenters. The minimum Gasteiger partial charge on any atom is -0.330 e. The van der Waals surface area contributed by atoms with Gasteiger partial charge in [0.1, 0.15) is 0 Å². The Kier molecular flexibility index (Phi) is 3.86. The van der Waals surface area contributed by atoms with Gasteiger partial charge in [0.15, 0.2) is 0 Å². The molecular formula is C13H17N3S. The lowest BCUT2D eigenvalue weighted by atomic mass is 10.1. The molecule has 2 aromatic rings. The monoisotopic (exact) mass is 247 g/mol. The normalized spacial score (nSPS) is 11.1. The smallest absolute Gasteiger partial charge is 0.0960 e. The summed E-state index contributed by atoms with van der Waals surface area (Å²) in [5.74, 6) is 0.465. The lowest BCUT2D eigenvalue weighted by Gasteiger charge is -1.99. The fourth-order valence-corrected chi connectivity index (χ4v) is 2.76. The molecule has 4 heteroatoms. The van der Waals surface area contributed by atoms with Crippen LogP contribution < -0.4 is 5.73 Å². The van der Waals surface area contributed by atoms with E-state index < -0.39 is 0 Å². The van der Waals surface area contributed by atoms with Gasteiger partial charge in [-0.05, 0) is 25.1 Å². The Balaban J connectivity index is 2.44. The van der Waals surface area contributed by atoms with Crippen LogP contribution >= 0.6 is 11.3 Å². The summed E-state index contributed by atoms with van der Waals surface area (Å²) in [5.41, 5.74) is 7.87. The first-order valence-electron chi connectivity index (χ1n) is 5.82. The zero-order valence-corrected chi connectivity index (χ0v) is 11.0. The van der Waals surface area contributed by atoms with E-state index in [4.69, 9.17) is 10.7 Å². The summed E-state index contributed by atoms with van der Waals surface area (Å²) < 4.78 is 0. The zero-order valence-electron chi connectivity index (χ0n) is 10.2. The van der Waals surface area contributed by atoms with Crippen LogP contribution in [0.15, 0.2) is 24.5 Å². The van der Waals surface area contributed by atoms with Gasteiger partial charge in [0.2, 0.25) is 0 Å². The van der Waals surface area contributed by atoms with Crippen LogP contribution in [-0.4, -0.2) is 16.5 Å². The maximum Gasteiger partial charge on any atom is 0.0960 e. The Morgan fingerprint density at radius 2 is 2.00 bits per heavy atom. The summed E-state index contributed by atoms with van der Waals surface area (Å²) in [4.78, 5) is 10.1. The highest BCUT2D eigenvalue weighted by atomic mass is 32.1. The maximum absolute atomic E-state index is 5.66. The topological polar surface area (TPSA) is 51.8 Å². The molecular weight excluding hydrogens is 230 g/mol. The van der Waals surface area contributed by atoms with Crippen LogP contribution in [0.4, 0.5) is 0 Å². The second kappa shape index (κ2) is 5.38. The molecule has 0 radical (unpaired) electrons. The molecule has 0 atom stereocenters. The van der Waals surface area contributed by atoms with Crippen molar-refractivity contribution in [2.24, 2.45) is 5.73 Å². The third kappa shape index (κ3) is 2.70. The van der Waals surface area contributed by atoms with Gasteiger partial charge in [-0.3, -0.25) is 4.98 Å². The summed E-state index contributed by atoms with van der Waals surface area (Å²) in [6.45, 7) is 5.00. The zero-order chi connectivity index (χ0) is 12.3. The fourth-order valence-electron chi connectivity index (χ4n) is 1.65. The number of thiazole rings is 1. The van der Waals surface area contributed by atoms with E-state index in [-0.39, 0.29) is 0 Å². The van der Waals surface area contributed by atoms with Gasteiger partial charge in [-0.15, -0.1) is 11.3 Å². The fraction of sp³-hybridized carbons (Fsp3) is 0.385. The molecule has 2 rings (SSSR count). The lowest BCUT2D eigenvalue weighted by molar-refractivity contribution is 0.853. The first kappa shape index (κ1) is 12.2. The van der Waals surface area contributed by atoms with Gasteiger partial charge < -0.3 is 5.73 Å². The number of hydrogen-bond donors (Lipinski definition) is 1. The van der Waals surface area contributed by atoms with Crippen LogP contribution in [0.3, 0.4) is 0 Å². The maximum atomic E-state index is 5.66. The van der Waals surface area contributed by atoms with E-state index >= 15 is 0 Å². The number of hydrogen-bond acceptors (Lipinski definition) is 4. The Morgan fingerprint density at radius 1 is 1.29 bits per heavy atom. The van der Waals surface area contributed by atoms with Gasteiger partial charge in [-0.2, -0.15) is 0 Å². The summed E-state index contributed by atoms with van der Waals surface area (Å²) in [5, 5.41) is 1.18. The lowest BCUT2D eigenvalue weighted by Crippen LogP contribution is -2.02. The average Bonchev–Trinajstić information content (AvgIpc) is 2.75. The molecule has 0 saturated heterocycles. The summed E-state index contributed by atoms with van der Waals surface area (Å²) >= 11 is 1.78. The molecule has 0 aliphatic carbocycles. The molecule has 0 saturated carbocycles. The van der Waals surface area contributed by atoms with E-state index in [1.54, 1.807) is 23.7 Å². The Bertz CT molecular complexity index is 477. The van der Waals surface area contributed by atoms with E-state index in [2.05, 4.69) is 18.8 Å². The number of nitrogens with two attached hydrogens (primary N) is 1. The molecule has 0 spiro atoms. The van der Waals surface area contributed by atoms with Gasteiger partial charge in [0, 0.05) is 28.8 Å². The predicted octanol–water partition coefficient (Wildman–Crippen LogP) is 2.83. The molecule has 0 fully saturated rings. The van der Waals surface area contributed by atoms with Crippen molar-refractivity contribution in [2.75, 3.05) is 6.54 Å². The molecule has 0 aliphatic rings. The van der Waals surface area contributed by atoms with Crippen molar-refractivity contribution in [1.29, 1.82) is 0 Å². The van der Waals surface area contributed by atoms with Gasteiger partial charge in [0.25, 0.3) is 0 Å². The van der Waals surface area contributed by atoms with E-state index in [0.717, 1.165) is 17.7 Å². The standard InChI is InChI=1S/C13H17N3S/c1-9(2)13-16-12(11(17-13)3-6-14)10-4-7-15-8-5-10/h4-5,7-9H,3,6,14H2,1-2H3. The Morgan fingerprint density at radius 3 is 2.59 bits per heavy atom. The van der Waals surface area contributed by atoms with Crippen LogP contribution in [-0.2, 0) is 6.42 Å². The Hall–Kier alpha value is -1.26. The van der Waals surface area contributed by atoms with Crippen LogP contribution in [0.25, 0.3) is 11.3 Å². The summed E-state index contributed by atoms with van der Waals surface area (Å²) in [7, 11) is 0. The molecule has 2 N–H and O–H groups in total. The largest absolute Gasteiger partial charge is 0.330 e. The van der Waals surface area contributed by atoms with Crippen molar-refractivity contribution in [3.05, 3.63) is 34.4 Å². The molecule has 90 valence electrons. The highest BCUT2D eigenvalue weighted by Crippen LogP contribution is 2.31. The molecule has 0 aromatic carbocycles. The number of pyridine rings is 1. The molecule has 2 aromatic heterocycles. The third-order valence-corrected chi connectivity index (χ3v) is 3.95. The minimum absolute atomic E-state index is 0.465. The van der Waals surface area contributed by atoms with Gasteiger partial charge in [-0.25, -0.2) is 4.98 Å². The second-order valence-corrected chi connectivity index (χ2v) is 5.37. The molecule has 2 heterocycles. The van der Waals surface area contributed by atoms with Crippen molar-refractivity contribution in [1.82, 2.24) is 9.97 Å². The number of nitrogens with zero attached hydrogens (tertiary/aromatic N) is 2. The van der Waals surface area contributed by atoms with E-state index in [1.165, 1.54) is 9.88 Å². The van der Waals surface area contributed by atoms with Gasteiger partial charge in [0.05, 0.1) is 10.7 Å². The number of rotatable bonds is 4. The van der Waals surface area contributed by atoms with E-state index in [9.17, 15) is 0 Å². The first-order valence-corrected chi connectivity index (χ1v) is 6.64. The molecule has 3 nitrogen and oxygen atoms in total. The first-order chi connectivity index (χ1) is 8.22. The quantitative estimate of drug-likeness (QED) is 0.904. The molecule has 17 heavy (non-hydrogen) atoms. The minimum atomic E-state index is 0.465. The van der Waals surface area contributed by atoms with Crippen LogP contribution in [0, 0.1) is 0 Å². The number of aromatic nitrogens is 2. The van der Waals surface area contributed by atoms with Crippen molar-refractivity contribution >= 4 is 11.3 Å². The average molecular weight is 247 g/mol. The van der Waals surface area contributed by atoms with E-state index in [1.807, 2.05) is 12.1 Å². The van der Waals surface area contributed by atoms with Gasteiger partial charge >= 0.3 is 0 Å². The van der Waals surface area contributed by atoms with Crippen LogP contribution in [0.5, 0.6) is 0 Å². The molecule has 0 amide bonds. The van der Waals surface area contributed by atoms with Gasteiger partial charge in [-0.1, -0.05) is 13.8 Å². The highest BCUT2D eigenvalue weighted by Gasteiger charge is 2.14. The van der Waals surface area contributed by atoms with Crippen molar-refractivity contribution in [2.45, 2.75) is 26.2 Å². The summed E-state index contributed by atoms with van der Waals surface area (Å²) in [6, 6.07) is 4.00. The second-order valence-electron chi connectivity index (χ2n) is 4.25. The Labute approximate surface area is 106 Å². The third-order valence-electron chi connectivity index (χ3n) is 2.53.